The Balaban J connectivity index is 2.09. The molecule has 4 nitrogen and oxygen atoms in total. The second kappa shape index (κ2) is 6.63. The first-order valence-electron chi connectivity index (χ1n) is 5.76. The van der Waals surface area contributed by atoms with Crippen molar-refractivity contribution in [2.24, 2.45) is 0 Å². The highest BCUT2D eigenvalue weighted by atomic mass is 79.9. The average molecular weight is 356 g/mol. The molecule has 0 atom stereocenters. The quantitative estimate of drug-likeness (QED) is 0.834. The van der Waals surface area contributed by atoms with Crippen LogP contribution in [0.1, 0.15) is 0 Å². The van der Waals surface area contributed by atoms with E-state index in [-0.39, 0.29) is 6.03 Å². The van der Waals surface area contributed by atoms with Crippen LogP contribution in [0.15, 0.2) is 46.9 Å². The molecule has 6 heteroatoms. The molecule has 2 rings (SSSR count). The van der Waals surface area contributed by atoms with Crippen molar-refractivity contribution in [3.8, 4) is 5.75 Å². The van der Waals surface area contributed by atoms with E-state index >= 15 is 0 Å². The van der Waals surface area contributed by atoms with E-state index in [0.29, 0.717) is 26.6 Å². The Bertz CT molecular complexity index is 634. The number of carbonyl (C=O) groups excluding carboxylic acids is 1. The molecule has 2 amide bonds. The maximum atomic E-state index is 12.0. The summed E-state index contributed by atoms with van der Waals surface area (Å²) in [6, 6.07) is 11.9. The van der Waals surface area contributed by atoms with E-state index in [4.69, 9.17) is 16.3 Å². The van der Waals surface area contributed by atoms with Gasteiger partial charge < -0.3 is 15.4 Å². The van der Waals surface area contributed by atoms with Crippen LogP contribution in [0.5, 0.6) is 5.75 Å². The molecule has 0 aromatic heterocycles. The smallest absolute Gasteiger partial charge is 0.323 e. The minimum atomic E-state index is -0.363. The SMILES string of the molecule is COc1ccccc1NC(=O)Nc1ccc(Cl)cc1Br. The monoisotopic (exact) mass is 354 g/mol. The zero-order valence-corrected chi connectivity index (χ0v) is 13.0. The van der Waals surface area contributed by atoms with Crippen LogP contribution in [0.3, 0.4) is 0 Å². The van der Waals surface area contributed by atoms with Gasteiger partial charge in [0.15, 0.2) is 0 Å². The number of urea groups is 1. The summed E-state index contributed by atoms with van der Waals surface area (Å²) in [4.78, 5) is 12.0. The summed E-state index contributed by atoms with van der Waals surface area (Å²) in [6.45, 7) is 0. The van der Waals surface area contributed by atoms with E-state index in [9.17, 15) is 4.79 Å². The second-order valence-corrected chi connectivity index (χ2v) is 5.19. The third-order valence-electron chi connectivity index (χ3n) is 2.53. The van der Waals surface area contributed by atoms with Gasteiger partial charge in [0.05, 0.1) is 18.5 Å². The first-order valence-corrected chi connectivity index (χ1v) is 6.93. The number of hydrogen-bond donors (Lipinski definition) is 2. The normalized spacial score (nSPS) is 9.95. The number of amides is 2. The van der Waals surface area contributed by atoms with E-state index in [1.54, 1.807) is 37.4 Å². The van der Waals surface area contributed by atoms with Gasteiger partial charge in [-0.2, -0.15) is 0 Å². The fraction of sp³-hybridized carbons (Fsp3) is 0.0714. The van der Waals surface area contributed by atoms with Crippen LogP contribution in [-0.2, 0) is 0 Å². The molecule has 0 aliphatic rings. The zero-order valence-electron chi connectivity index (χ0n) is 10.6. The van der Waals surface area contributed by atoms with Crippen LogP contribution in [0.25, 0.3) is 0 Å². The number of para-hydroxylation sites is 2. The molecule has 0 heterocycles. The number of halogens is 2. The standard InChI is InChI=1S/C14H12BrClN2O2/c1-20-13-5-3-2-4-12(13)18-14(19)17-11-7-6-9(16)8-10(11)15/h2-8H,1H3,(H2,17,18,19). The molecule has 104 valence electrons. The second-order valence-electron chi connectivity index (χ2n) is 3.90. The number of ether oxygens (including phenoxy) is 1. The predicted molar refractivity (Wildman–Crippen MR) is 84.8 cm³/mol. The number of hydrogen-bond acceptors (Lipinski definition) is 2. The molecule has 0 saturated heterocycles. The van der Waals surface area contributed by atoms with Crippen molar-refractivity contribution in [1.29, 1.82) is 0 Å². The lowest BCUT2D eigenvalue weighted by Crippen LogP contribution is -2.20. The molecule has 0 spiro atoms. The Hall–Kier alpha value is -1.72. The fourth-order valence-corrected chi connectivity index (χ4v) is 2.40. The third kappa shape index (κ3) is 3.65. The van der Waals surface area contributed by atoms with Gasteiger partial charge >= 0.3 is 6.03 Å². The lowest BCUT2D eigenvalue weighted by atomic mass is 10.3. The molecule has 2 aromatic carbocycles. The van der Waals surface area contributed by atoms with Crippen molar-refractivity contribution in [3.05, 3.63) is 52.0 Å². The number of nitrogens with one attached hydrogen (secondary N) is 2. The summed E-state index contributed by atoms with van der Waals surface area (Å²) < 4.78 is 5.88. The molecule has 20 heavy (non-hydrogen) atoms. The molecule has 0 aliphatic heterocycles. The average Bonchev–Trinajstić information content (AvgIpc) is 2.42. The van der Waals surface area contributed by atoms with Crippen molar-refractivity contribution in [2.45, 2.75) is 0 Å². The van der Waals surface area contributed by atoms with Crippen molar-refractivity contribution in [3.63, 3.8) is 0 Å². The van der Waals surface area contributed by atoms with Crippen molar-refractivity contribution >= 4 is 44.9 Å². The Morgan fingerprint density at radius 2 is 1.85 bits per heavy atom. The van der Waals surface area contributed by atoms with Gasteiger partial charge in [-0.1, -0.05) is 23.7 Å². The largest absolute Gasteiger partial charge is 0.495 e. The van der Waals surface area contributed by atoms with Gasteiger partial charge in [-0.05, 0) is 46.3 Å². The molecule has 0 bridgehead atoms. The summed E-state index contributed by atoms with van der Waals surface area (Å²) in [5, 5.41) is 6.04. The van der Waals surface area contributed by atoms with Gasteiger partial charge in [0.25, 0.3) is 0 Å². The first kappa shape index (κ1) is 14.7. The van der Waals surface area contributed by atoms with Crippen LogP contribution in [-0.4, -0.2) is 13.1 Å². The molecule has 0 aliphatic carbocycles. The zero-order chi connectivity index (χ0) is 14.5. The maximum Gasteiger partial charge on any atom is 0.323 e. The molecule has 2 aromatic rings. The third-order valence-corrected chi connectivity index (χ3v) is 3.43. The van der Waals surface area contributed by atoms with Crippen LogP contribution in [0, 0.1) is 0 Å². The van der Waals surface area contributed by atoms with Crippen LogP contribution >= 0.6 is 27.5 Å². The van der Waals surface area contributed by atoms with Crippen LogP contribution in [0.2, 0.25) is 5.02 Å². The number of carbonyl (C=O) groups is 1. The highest BCUT2D eigenvalue weighted by Gasteiger charge is 2.08. The van der Waals surface area contributed by atoms with Gasteiger partial charge in [0.2, 0.25) is 0 Å². The Kier molecular flexibility index (Phi) is 4.87. The molecule has 2 N–H and O–H groups in total. The molecule has 0 unspecified atom stereocenters. The fourth-order valence-electron chi connectivity index (χ4n) is 1.61. The van der Waals surface area contributed by atoms with E-state index in [0.717, 1.165) is 0 Å². The highest BCUT2D eigenvalue weighted by Crippen LogP contribution is 2.27. The number of anilines is 2. The lowest BCUT2D eigenvalue weighted by molar-refractivity contribution is 0.262. The van der Waals surface area contributed by atoms with Gasteiger partial charge in [-0.15, -0.1) is 0 Å². The summed E-state index contributed by atoms with van der Waals surface area (Å²) >= 11 is 9.19. The van der Waals surface area contributed by atoms with Crippen LogP contribution < -0.4 is 15.4 Å². The maximum absolute atomic E-state index is 12.0. The Morgan fingerprint density at radius 3 is 2.55 bits per heavy atom. The highest BCUT2D eigenvalue weighted by molar-refractivity contribution is 9.10. The van der Waals surface area contributed by atoms with E-state index < -0.39 is 0 Å². The van der Waals surface area contributed by atoms with E-state index in [1.807, 2.05) is 12.1 Å². The molecule has 0 saturated carbocycles. The van der Waals surface area contributed by atoms with Crippen LogP contribution in [0.4, 0.5) is 16.2 Å². The number of rotatable bonds is 3. The summed E-state index contributed by atoms with van der Waals surface area (Å²) in [7, 11) is 1.55. The minimum Gasteiger partial charge on any atom is -0.495 e. The molecular weight excluding hydrogens is 344 g/mol. The van der Waals surface area contributed by atoms with E-state index in [2.05, 4.69) is 26.6 Å². The lowest BCUT2D eigenvalue weighted by Gasteiger charge is -2.11. The minimum absolute atomic E-state index is 0.363. The Morgan fingerprint density at radius 1 is 1.15 bits per heavy atom. The van der Waals surface area contributed by atoms with Crippen molar-refractivity contribution in [2.75, 3.05) is 17.7 Å². The predicted octanol–water partition coefficient (Wildman–Crippen LogP) is 4.76. The van der Waals surface area contributed by atoms with Gasteiger partial charge in [-0.25, -0.2) is 4.79 Å². The topological polar surface area (TPSA) is 50.4 Å². The number of benzene rings is 2. The summed E-state index contributed by atoms with van der Waals surface area (Å²) in [5.41, 5.74) is 1.22. The Labute approximate surface area is 130 Å². The van der Waals surface area contributed by atoms with Crippen molar-refractivity contribution < 1.29 is 9.53 Å². The van der Waals surface area contributed by atoms with Gasteiger partial charge in [-0.3, -0.25) is 0 Å². The molecule has 0 fully saturated rings. The number of methoxy groups -OCH3 is 1. The van der Waals surface area contributed by atoms with Gasteiger partial charge in [0, 0.05) is 9.50 Å². The summed E-state index contributed by atoms with van der Waals surface area (Å²) in [6.07, 6.45) is 0. The molecule has 0 radical (unpaired) electrons. The summed E-state index contributed by atoms with van der Waals surface area (Å²) in [5.74, 6) is 0.595. The van der Waals surface area contributed by atoms with E-state index in [1.165, 1.54) is 0 Å². The molecular formula is C14H12BrClN2O2. The van der Waals surface area contributed by atoms with Crippen molar-refractivity contribution in [1.82, 2.24) is 0 Å². The first-order chi connectivity index (χ1) is 9.60. The van der Waals surface area contributed by atoms with Gasteiger partial charge in [0.1, 0.15) is 5.75 Å².